The summed E-state index contributed by atoms with van der Waals surface area (Å²) in [5, 5.41) is 3.12. The van der Waals surface area contributed by atoms with Crippen molar-refractivity contribution in [3.63, 3.8) is 0 Å². The highest BCUT2D eigenvalue weighted by atomic mass is 16.2. The van der Waals surface area contributed by atoms with E-state index >= 15 is 0 Å². The lowest BCUT2D eigenvalue weighted by molar-refractivity contribution is -0.892. The van der Waals surface area contributed by atoms with Crippen molar-refractivity contribution in [3.8, 4) is 0 Å². The van der Waals surface area contributed by atoms with Crippen LogP contribution < -0.4 is 15.1 Å². The van der Waals surface area contributed by atoms with E-state index in [2.05, 4.69) is 40.1 Å². The van der Waals surface area contributed by atoms with Crippen molar-refractivity contribution in [1.82, 2.24) is 9.97 Å². The maximum absolute atomic E-state index is 12.5. The second kappa shape index (κ2) is 8.76. The van der Waals surface area contributed by atoms with Crippen molar-refractivity contribution in [1.29, 1.82) is 0 Å². The second-order valence-electron chi connectivity index (χ2n) is 6.91. The van der Waals surface area contributed by atoms with Gasteiger partial charge in [-0.3, -0.25) is 4.79 Å². The van der Waals surface area contributed by atoms with E-state index in [1.165, 1.54) is 10.5 Å². The number of aromatic nitrogens is 2. The minimum Gasteiger partial charge on any atom is -0.330 e. The van der Waals surface area contributed by atoms with Gasteiger partial charge in [0.1, 0.15) is 0 Å². The molecule has 6 heteroatoms. The topological polar surface area (TPSA) is 62.6 Å². The van der Waals surface area contributed by atoms with Crippen molar-refractivity contribution in [3.05, 3.63) is 48.3 Å². The number of amides is 1. The third-order valence-electron chi connectivity index (χ3n) is 5.09. The van der Waals surface area contributed by atoms with Crippen LogP contribution in [-0.4, -0.2) is 48.6 Å². The van der Waals surface area contributed by atoms with Crippen LogP contribution in [0.25, 0.3) is 0 Å². The molecule has 1 aliphatic heterocycles. The molecule has 1 aromatic heterocycles. The molecule has 2 N–H and O–H groups in total. The number of nitrogens with one attached hydrogen (secondary N) is 2. The van der Waals surface area contributed by atoms with Gasteiger partial charge in [-0.1, -0.05) is 32.0 Å². The van der Waals surface area contributed by atoms with E-state index in [0.717, 1.165) is 44.2 Å². The van der Waals surface area contributed by atoms with E-state index in [1.54, 1.807) is 12.4 Å². The molecular weight excluding hydrogens is 326 g/mol. The minimum absolute atomic E-state index is 0.0835. The van der Waals surface area contributed by atoms with E-state index in [1.807, 2.05) is 24.3 Å². The Hall–Kier alpha value is -2.47. The number of anilines is 2. The predicted molar refractivity (Wildman–Crippen MR) is 104 cm³/mol. The zero-order valence-electron chi connectivity index (χ0n) is 15.6. The first kappa shape index (κ1) is 18.3. The average molecular weight is 354 g/mol. The molecule has 0 radical (unpaired) electrons. The van der Waals surface area contributed by atoms with Gasteiger partial charge in [-0.25, -0.2) is 9.97 Å². The Kier molecular flexibility index (Phi) is 6.17. The van der Waals surface area contributed by atoms with E-state index in [4.69, 9.17) is 0 Å². The molecule has 26 heavy (non-hydrogen) atoms. The van der Waals surface area contributed by atoms with Crippen LogP contribution in [-0.2, 0) is 4.79 Å². The Bertz CT molecular complexity index is 713. The van der Waals surface area contributed by atoms with Crippen LogP contribution in [0.4, 0.5) is 11.6 Å². The molecule has 0 aliphatic carbocycles. The van der Waals surface area contributed by atoms with Crippen molar-refractivity contribution < 1.29 is 9.69 Å². The Balaban J connectivity index is 1.52. The number of piperazine rings is 1. The molecule has 0 unspecified atom stereocenters. The normalized spacial score (nSPS) is 16.3. The van der Waals surface area contributed by atoms with Crippen LogP contribution in [0.1, 0.15) is 31.7 Å². The van der Waals surface area contributed by atoms with Crippen LogP contribution in [0.2, 0.25) is 0 Å². The van der Waals surface area contributed by atoms with Gasteiger partial charge in [-0.2, -0.15) is 0 Å². The highest BCUT2D eigenvalue weighted by Crippen LogP contribution is 2.26. The molecule has 1 fully saturated rings. The summed E-state index contributed by atoms with van der Waals surface area (Å²) >= 11 is 0. The quantitative estimate of drug-likeness (QED) is 0.822. The lowest BCUT2D eigenvalue weighted by Gasteiger charge is -2.31. The molecular formula is C20H28N5O+. The highest BCUT2D eigenvalue weighted by molar-refractivity contribution is 5.92. The summed E-state index contributed by atoms with van der Waals surface area (Å²) < 4.78 is 0. The third kappa shape index (κ3) is 4.58. The number of para-hydroxylation sites is 1. The van der Waals surface area contributed by atoms with Crippen LogP contribution in [0.3, 0.4) is 0 Å². The van der Waals surface area contributed by atoms with E-state index < -0.39 is 0 Å². The van der Waals surface area contributed by atoms with Crippen LogP contribution in [0, 0.1) is 0 Å². The molecule has 0 spiro atoms. The summed E-state index contributed by atoms with van der Waals surface area (Å²) in [7, 11) is 0. The molecule has 6 nitrogen and oxygen atoms in total. The summed E-state index contributed by atoms with van der Waals surface area (Å²) in [6, 6.07) is 9.95. The van der Waals surface area contributed by atoms with Gasteiger partial charge in [-0.15, -0.1) is 0 Å². The number of benzene rings is 1. The highest BCUT2D eigenvalue weighted by Gasteiger charge is 2.24. The maximum Gasteiger partial charge on any atom is 0.279 e. The third-order valence-corrected chi connectivity index (χ3v) is 5.09. The largest absolute Gasteiger partial charge is 0.330 e. The predicted octanol–water partition coefficient (Wildman–Crippen LogP) is 1.33. The number of rotatable bonds is 6. The first-order valence-corrected chi connectivity index (χ1v) is 9.41. The van der Waals surface area contributed by atoms with Crippen molar-refractivity contribution in [2.24, 2.45) is 0 Å². The lowest BCUT2D eigenvalue weighted by atomic mass is 9.97. The van der Waals surface area contributed by atoms with Crippen LogP contribution in [0.5, 0.6) is 0 Å². The standard InChI is InChI=1S/C20H27N5O/c1-3-16(2)17-7-4-5-8-18(17)23-19(26)15-24-11-13-25(14-12-24)20-21-9-6-10-22-20/h4-10,16H,3,11-15H2,1-2H3,(H,23,26)/p+1/t16-/m0/s1. The van der Waals surface area contributed by atoms with E-state index in [0.29, 0.717) is 12.5 Å². The number of hydrogen-bond donors (Lipinski definition) is 2. The molecule has 1 saturated heterocycles. The zero-order valence-corrected chi connectivity index (χ0v) is 15.6. The first-order chi connectivity index (χ1) is 12.7. The van der Waals surface area contributed by atoms with E-state index in [9.17, 15) is 4.79 Å². The van der Waals surface area contributed by atoms with Gasteiger partial charge in [-0.05, 0) is 30.0 Å². The fourth-order valence-corrected chi connectivity index (χ4v) is 3.34. The number of carbonyl (C=O) groups is 1. The SMILES string of the molecule is CC[C@H](C)c1ccccc1NC(=O)C[NH+]1CCN(c2ncccn2)CC1. The molecule has 3 rings (SSSR count). The fraction of sp³-hybridized carbons (Fsp3) is 0.450. The Morgan fingerprint density at radius 1 is 1.19 bits per heavy atom. The smallest absolute Gasteiger partial charge is 0.279 e. The molecule has 1 atom stereocenters. The summed E-state index contributed by atoms with van der Waals surface area (Å²) in [5.74, 6) is 1.30. The molecule has 1 amide bonds. The molecule has 2 aromatic rings. The summed E-state index contributed by atoms with van der Waals surface area (Å²) in [6.07, 6.45) is 4.59. The zero-order chi connectivity index (χ0) is 18.4. The fourth-order valence-electron chi connectivity index (χ4n) is 3.34. The van der Waals surface area contributed by atoms with Gasteiger partial charge in [0.15, 0.2) is 6.54 Å². The summed E-state index contributed by atoms with van der Waals surface area (Å²) in [5.41, 5.74) is 2.16. The summed E-state index contributed by atoms with van der Waals surface area (Å²) in [6.45, 7) is 8.44. The Morgan fingerprint density at radius 2 is 1.88 bits per heavy atom. The van der Waals surface area contributed by atoms with Crippen LogP contribution >= 0.6 is 0 Å². The average Bonchev–Trinajstić information content (AvgIpc) is 2.69. The molecule has 138 valence electrons. The van der Waals surface area contributed by atoms with Crippen LogP contribution in [0.15, 0.2) is 42.7 Å². The van der Waals surface area contributed by atoms with E-state index in [-0.39, 0.29) is 5.91 Å². The number of carbonyl (C=O) groups excluding carboxylic acids is 1. The van der Waals surface area contributed by atoms with Crippen molar-refractivity contribution in [2.75, 3.05) is 42.9 Å². The van der Waals surface area contributed by atoms with Gasteiger partial charge in [0.25, 0.3) is 5.91 Å². The van der Waals surface area contributed by atoms with Gasteiger partial charge in [0, 0.05) is 18.1 Å². The Morgan fingerprint density at radius 3 is 2.58 bits per heavy atom. The molecule has 1 aliphatic rings. The first-order valence-electron chi connectivity index (χ1n) is 9.41. The Labute approximate surface area is 155 Å². The molecule has 2 heterocycles. The van der Waals surface area contributed by atoms with Gasteiger partial charge in [0.2, 0.25) is 5.95 Å². The number of quaternary nitrogens is 1. The monoisotopic (exact) mass is 354 g/mol. The van der Waals surface area contributed by atoms with Gasteiger partial charge < -0.3 is 15.1 Å². The van der Waals surface area contributed by atoms with Crippen molar-refractivity contribution in [2.45, 2.75) is 26.2 Å². The number of nitrogens with zero attached hydrogens (tertiary/aromatic N) is 3. The molecule has 0 saturated carbocycles. The summed E-state index contributed by atoms with van der Waals surface area (Å²) in [4.78, 5) is 24.6. The lowest BCUT2D eigenvalue weighted by Crippen LogP contribution is -3.15. The number of hydrogen-bond acceptors (Lipinski definition) is 4. The maximum atomic E-state index is 12.5. The molecule has 0 bridgehead atoms. The second-order valence-corrected chi connectivity index (χ2v) is 6.91. The van der Waals surface area contributed by atoms with Gasteiger partial charge >= 0.3 is 0 Å². The van der Waals surface area contributed by atoms with Gasteiger partial charge in [0.05, 0.1) is 26.2 Å². The molecule has 1 aromatic carbocycles. The minimum atomic E-state index is 0.0835. The van der Waals surface area contributed by atoms with Crippen molar-refractivity contribution >= 4 is 17.5 Å².